The van der Waals surface area contributed by atoms with E-state index in [1.165, 1.54) is 0 Å². The number of aromatic nitrogens is 2. The summed E-state index contributed by atoms with van der Waals surface area (Å²) in [5, 5.41) is 4.21. The number of benzene rings is 2. The van der Waals surface area contributed by atoms with E-state index < -0.39 is 26.6 Å². The third-order valence-electron chi connectivity index (χ3n) is 3.55. The molecule has 25 heavy (non-hydrogen) atoms. The fourth-order valence-corrected chi connectivity index (χ4v) is 3.52. The summed E-state index contributed by atoms with van der Waals surface area (Å²) in [4.78, 5) is -0.963. The van der Waals surface area contributed by atoms with E-state index in [9.17, 15) is 17.2 Å². The van der Waals surface area contributed by atoms with E-state index in [-0.39, 0.29) is 6.54 Å². The van der Waals surface area contributed by atoms with Gasteiger partial charge < -0.3 is 0 Å². The number of hydrogen-bond acceptors (Lipinski definition) is 3. The SMILES string of the molecule is O=S(=O)(NCCc1cnn(-c2ccccc2)c1)c1c(F)cccc1F. The smallest absolute Gasteiger partial charge is 0.241 e. The maximum absolute atomic E-state index is 13.6. The highest BCUT2D eigenvalue weighted by Gasteiger charge is 2.23. The topological polar surface area (TPSA) is 64.0 Å². The highest BCUT2D eigenvalue weighted by atomic mass is 32.2. The largest absolute Gasteiger partial charge is 0.246 e. The number of hydrogen-bond donors (Lipinski definition) is 1. The van der Waals surface area contributed by atoms with Crippen LogP contribution >= 0.6 is 0 Å². The Kier molecular flexibility index (Phi) is 4.91. The molecule has 5 nitrogen and oxygen atoms in total. The zero-order chi connectivity index (χ0) is 17.9. The lowest BCUT2D eigenvalue weighted by molar-refractivity contribution is 0.514. The molecule has 0 amide bonds. The van der Waals surface area contributed by atoms with Crippen LogP contribution in [0.4, 0.5) is 8.78 Å². The Hall–Kier alpha value is -2.58. The highest BCUT2D eigenvalue weighted by Crippen LogP contribution is 2.18. The molecule has 1 N–H and O–H groups in total. The van der Waals surface area contributed by atoms with Gasteiger partial charge in [-0.2, -0.15) is 5.10 Å². The maximum Gasteiger partial charge on any atom is 0.246 e. The second kappa shape index (κ2) is 7.12. The summed E-state index contributed by atoms with van der Waals surface area (Å²) in [6.07, 6.45) is 3.72. The summed E-state index contributed by atoms with van der Waals surface area (Å²) >= 11 is 0. The van der Waals surface area contributed by atoms with E-state index >= 15 is 0 Å². The van der Waals surface area contributed by atoms with Crippen molar-refractivity contribution in [2.75, 3.05) is 6.54 Å². The molecule has 3 aromatic rings. The standard InChI is InChI=1S/C17H15F2N3O2S/c18-15-7-4-8-16(19)17(15)25(23,24)21-10-9-13-11-20-22(12-13)14-5-2-1-3-6-14/h1-8,11-12,21H,9-10H2. The summed E-state index contributed by atoms with van der Waals surface area (Å²) < 4.78 is 55.3. The summed E-state index contributed by atoms with van der Waals surface area (Å²) in [6.45, 7) is -0.00338. The van der Waals surface area contributed by atoms with Crippen LogP contribution in [0.3, 0.4) is 0 Å². The van der Waals surface area contributed by atoms with Crippen molar-refractivity contribution < 1.29 is 17.2 Å². The Morgan fingerprint density at radius 2 is 1.68 bits per heavy atom. The second-order valence-electron chi connectivity index (χ2n) is 5.33. The molecule has 3 rings (SSSR count). The van der Waals surface area contributed by atoms with Crippen molar-refractivity contribution in [2.45, 2.75) is 11.3 Å². The number of halogens is 2. The third kappa shape index (κ3) is 3.92. The zero-order valence-electron chi connectivity index (χ0n) is 13.1. The molecule has 0 aliphatic rings. The lowest BCUT2D eigenvalue weighted by Gasteiger charge is -2.08. The molecule has 1 heterocycles. The minimum absolute atomic E-state index is 0.00338. The van der Waals surface area contributed by atoms with Gasteiger partial charge in [-0.1, -0.05) is 24.3 Å². The first-order valence-corrected chi connectivity index (χ1v) is 8.98. The van der Waals surface area contributed by atoms with E-state index in [4.69, 9.17) is 0 Å². The van der Waals surface area contributed by atoms with Crippen LogP contribution in [0, 0.1) is 11.6 Å². The van der Waals surface area contributed by atoms with Crippen molar-refractivity contribution in [3.8, 4) is 5.69 Å². The number of sulfonamides is 1. The second-order valence-corrected chi connectivity index (χ2v) is 7.03. The lowest BCUT2D eigenvalue weighted by Crippen LogP contribution is -2.27. The monoisotopic (exact) mass is 363 g/mol. The van der Waals surface area contributed by atoms with Gasteiger partial charge in [-0.05, 0) is 36.2 Å². The van der Waals surface area contributed by atoms with Crippen LogP contribution < -0.4 is 4.72 Å². The zero-order valence-corrected chi connectivity index (χ0v) is 13.9. The first kappa shape index (κ1) is 17.2. The van der Waals surface area contributed by atoms with Crippen LogP contribution in [0.1, 0.15) is 5.56 Å². The van der Waals surface area contributed by atoms with Crippen LogP contribution in [0.15, 0.2) is 65.8 Å². The molecule has 1 aromatic heterocycles. The van der Waals surface area contributed by atoms with Gasteiger partial charge in [0.15, 0.2) is 4.90 Å². The molecule has 0 saturated heterocycles. The van der Waals surface area contributed by atoms with Crippen molar-refractivity contribution in [3.63, 3.8) is 0 Å². The van der Waals surface area contributed by atoms with E-state index in [1.807, 2.05) is 30.3 Å². The Labute approximate surface area is 144 Å². The Morgan fingerprint density at radius 3 is 2.36 bits per heavy atom. The summed E-state index contributed by atoms with van der Waals surface area (Å²) in [5.41, 5.74) is 1.67. The van der Waals surface area contributed by atoms with Gasteiger partial charge in [-0.15, -0.1) is 0 Å². The molecule has 0 radical (unpaired) electrons. The lowest BCUT2D eigenvalue weighted by atomic mass is 10.2. The van der Waals surface area contributed by atoms with Gasteiger partial charge in [0, 0.05) is 12.7 Å². The quantitative estimate of drug-likeness (QED) is 0.732. The van der Waals surface area contributed by atoms with Crippen molar-refractivity contribution in [1.29, 1.82) is 0 Å². The molecule has 0 aliphatic carbocycles. The first-order valence-electron chi connectivity index (χ1n) is 7.50. The molecule has 0 spiro atoms. The number of para-hydroxylation sites is 1. The minimum atomic E-state index is -4.26. The number of rotatable bonds is 6. The molecule has 0 atom stereocenters. The van der Waals surface area contributed by atoms with Gasteiger partial charge in [0.2, 0.25) is 10.0 Å². The van der Waals surface area contributed by atoms with Crippen LogP contribution in [0.5, 0.6) is 0 Å². The van der Waals surface area contributed by atoms with Gasteiger partial charge in [0.25, 0.3) is 0 Å². The fourth-order valence-electron chi connectivity index (χ4n) is 2.35. The van der Waals surface area contributed by atoms with Crippen molar-refractivity contribution in [1.82, 2.24) is 14.5 Å². The average Bonchev–Trinajstić information content (AvgIpc) is 3.04. The molecule has 130 valence electrons. The number of nitrogens with one attached hydrogen (secondary N) is 1. The van der Waals surface area contributed by atoms with Gasteiger partial charge in [-0.25, -0.2) is 26.6 Å². The summed E-state index contributed by atoms with van der Waals surface area (Å²) in [5.74, 6) is -2.24. The molecular weight excluding hydrogens is 348 g/mol. The van der Waals surface area contributed by atoms with Crippen LogP contribution in [-0.2, 0) is 16.4 Å². The molecule has 0 unspecified atom stereocenters. The van der Waals surface area contributed by atoms with Gasteiger partial charge in [-0.3, -0.25) is 0 Å². The Morgan fingerprint density at radius 1 is 1.00 bits per heavy atom. The normalized spacial score (nSPS) is 11.6. The van der Waals surface area contributed by atoms with E-state index in [1.54, 1.807) is 17.1 Å². The van der Waals surface area contributed by atoms with Gasteiger partial charge in [0.1, 0.15) is 11.6 Å². The van der Waals surface area contributed by atoms with Crippen molar-refractivity contribution >= 4 is 10.0 Å². The van der Waals surface area contributed by atoms with E-state index in [0.29, 0.717) is 6.42 Å². The molecule has 0 fully saturated rings. The fraction of sp³-hybridized carbons (Fsp3) is 0.118. The molecule has 0 aliphatic heterocycles. The molecule has 0 bridgehead atoms. The van der Waals surface area contributed by atoms with Gasteiger partial charge >= 0.3 is 0 Å². The minimum Gasteiger partial charge on any atom is -0.241 e. The first-order chi connectivity index (χ1) is 12.0. The van der Waals surface area contributed by atoms with Gasteiger partial charge in [0.05, 0.1) is 11.9 Å². The molecule has 0 saturated carbocycles. The Balaban J connectivity index is 1.66. The van der Waals surface area contributed by atoms with Crippen molar-refractivity contribution in [2.24, 2.45) is 0 Å². The molecular formula is C17H15F2N3O2S. The van der Waals surface area contributed by atoms with Crippen LogP contribution in [0.25, 0.3) is 5.69 Å². The van der Waals surface area contributed by atoms with E-state index in [2.05, 4.69) is 9.82 Å². The highest BCUT2D eigenvalue weighted by molar-refractivity contribution is 7.89. The third-order valence-corrected chi connectivity index (χ3v) is 5.06. The number of nitrogens with zero attached hydrogens (tertiary/aromatic N) is 2. The predicted octanol–water partition coefficient (Wildman–Crippen LogP) is 2.67. The summed E-state index contributed by atoms with van der Waals surface area (Å²) in [6, 6.07) is 12.4. The summed E-state index contributed by atoms with van der Waals surface area (Å²) in [7, 11) is -4.26. The van der Waals surface area contributed by atoms with Crippen molar-refractivity contribution in [3.05, 3.63) is 78.1 Å². The average molecular weight is 363 g/mol. The molecule has 8 heteroatoms. The molecule has 2 aromatic carbocycles. The maximum atomic E-state index is 13.6. The van der Waals surface area contributed by atoms with Crippen LogP contribution in [-0.4, -0.2) is 24.7 Å². The Bertz CT molecular complexity index is 952. The predicted molar refractivity (Wildman–Crippen MR) is 88.8 cm³/mol. The van der Waals surface area contributed by atoms with Crippen LogP contribution in [0.2, 0.25) is 0 Å². The van der Waals surface area contributed by atoms with E-state index in [0.717, 1.165) is 29.4 Å².